The second kappa shape index (κ2) is 14.9. The molecule has 192 valence electrons. The van der Waals surface area contributed by atoms with Gasteiger partial charge in [0.25, 0.3) is 0 Å². The Morgan fingerprint density at radius 3 is 1.82 bits per heavy atom. The van der Waals surface area contributed by atoms with E-state index in [0.717, 1.165) is 17.8 Å². The minimum atomic E-state index is 0.362. The van der Waals surface area contributed by atoms with Crippen molar-refractivity contribution in [1.29, 1.82) is 0 Å². The summed E-state index contributed by atoms with van der Waals surface area (Å²) in [5.74, 6) is 3.80. The third-order valence-corrected chi connectivity index (χ3v) is 10.6. The van der Waals surface area contributed by atoms with Crippen molar-refractivity contribution in [2.75, 3.05) is 0 Å². The molecule has 3 saturated carbocycles. The van der Waals surface area contributed by atoms with Crippen LogP contribution in [0.3, 0.4) is 0 Å². The lowest BCUT2D eigenvalue weighted by molar-refractivity contribution is -0.125. The zero-order valence-electron chi connectivity index (χ0n) is 22.6. The first kappa shape index (κ1) is 27.3. The maximum atomic E-state index is 12.8. The summed E-state index contributed by atoms with van der Waals surface area (Å²) in [6.45, 7) is 4.63. The fraction of sp³-hybridized carbons (Fsp3) is 0.969. The average Bonchev–Trinajstić information content (AvgIpc) is 2.87. The summed E-state index contributed by atoms with van der Waals surface area (Å²) in [4.78, 5) is 12.8. The molecule has 0 amide bonds. The quantitative estimate of drug-likeness (QED) is 0.187. The number of carbonyl (C=O) groups excluding carboxylic acids is 1. The summed E-state index contributed by atoms with van der Waals surface area (Å²) in [5.41, 5.74) is 0.362. The van der Waals surface area contributed by atoms with Gasteiger partial charge in [-0.1, -0.05) is 110 Å². The van der Waals surface area contributed by atoms with E-state index in [2.05, 4.69) is 13.8 Å². The average molecular weight is 459 g/mol. The van der Waals surface area contributed by atoms with Crippen LogP contribution in [-0.2, 0) is 4.79 Å². The Kier molecular flexibility index (Phi) is 12.3. The smallest absolute Gasteiger partial charge is 0.123 e. The topological polar surface area (TPSA) is 17.1 Å². The van der Waals surface area contributed by atoms with Crippen molar-refractivity contribution in [1.82, 2.24) is 0 Å². The Bertz CT molecular complexity index is 503. The maximum absolute atomic E-state index is 12.8. The van der Waals surface area contributed by atoms with E-state index < -0.39 is 0 Å². The molecule has 0 N–H and O–H groups in total. The lowest BCUT2D eigenvalue weighted by Crippen LogP contribution is -2.46. The van der Waals surface area contributed by atoms with E-state index in [1.807, 2.05) is 0 Å². The van der Waals surface area contributed by atoms with Crippen molar-refractivity contribution in [2.45, 2.75) is 162 Å². The van der Waals surface area contributed by atoms with E-state index in [1.165, 1.54) is 154 Å². The predicted octanol–water partition coefficient (Wildman–Crippen LogP) is 10.3. The number of unbranched alkanes of at least 4 members (excludes halogenated alkanes) is 6. The summed E-state index contributed by atoms with van der Waals surface area (Å²) in [5, 5.41) is 0. The lowest BCUT2D eigenvalue weighted by atomic mass is 9.51. The molecule has 0 spiro atoms. The molecule has 0 saturated heterocycles. The summed E-state index contributed by atoms with van der Waals surface area (Å²) < 4.78 is 0. The highest BCUT2D eigenvalue weighted by atomic mass is 16.1. The molecule has 0 heterocycles. The van der Waals surface area contributed by atoms with Crippen LogP contribution >= 0.6 is 0 Å². The Hall–Kier alpha value is -0.330. The predicted molar refractivity (Wildman–Crippen MR) is 143 cm³/mol. The molecule has 0 aliphatic heterocycles. The molecule has 0 aromatic heterocycles. The van der Waals surface area contributed by atoms with Gasteiger partial charge in [0, 0.05) is 5.92 Å². The first-order valence-electron chi connectivity index (χ1n) is 15.7. The third-order valence-electron chi connectivity index (χ3n) is 10.6. The van der Waals surface area contributed by atoms with Crippen LogP contribution < -0.4 is 0 Å². The van der Waals surface area contributed by atoms with Crippen molar-refractivity contribution in [2.24, 2.45) is 35.0 Å². The van der Waals surface area contributed by atoms with Crippen LogP contribution in [0.2, 0.25) is 0 Å². The van der Waals surface area contributed by atoms with Crippen LogP contribution in [0.4, 0.5) is 0 Å². The molecule has 33 heavy (non-hydrogen) atoms. The molecule has 3 fully saturated rings. The largest absolute Gasteiger partial charge is 0.303 e. The van der Waals surface area contributed by atoms with Gasteiger partial charge >= 0.3 is 0 Å². The van der Waals surface area contributed by atoms with Crippen LogP contribution in [-0.4, -0.2) is 6.29 Å². The van der Waals surface area contributed by atoms with E-state index in [-0.39, 0.29) is 0 Å². The maximum Gasteiger partial charge on any atom is 0.123 e. The van der Waals surface area contributed by atoms with E-state index in [4.69, 9.17) is 0 Å². The highest BCUT2D eigenvalue weighted by molar-refractivity contribution is 5.56. The molecule has 0 aromatic rings. The lowest BCUT2D eigenvalue weighted by Gasteiger charge is -2.53. The summed E-state index contributed by atoms with van der Waals surface area (Å²) in [7, 11) is 0. The van der Waals surface area contributed by atoms with Gasteiger partial charge in [-0.05, 0) is 80.5 Å². The van der Waals surface area contributed by atoms with Gasteiger partial charge in [0.15, 0.2) is 0 Å². The van der Waals surface area contributed by atoms with Crippen molar-refractivity contribution in [3.63, 3.8) is 0 Å². The first-order chi connectivity index (χ1) is 16.2. The van der Waals surface area contributed by atoms with Crippen molar-refractivity contribution in [3.05, 3.63) is 0 Å². The molecule has 1 unspecified atom stereocenters. The SMILES string of the molecule is CCCCCCCC1CCC(C2CCCCC2)(C(C=O)C2CCC(CCCCC)CC2)CC1. The molecule has 1 nitrogen and oxygen atoms in total. The van der Waals surface area contributed by atoms with Crippen molar-refractivity contribution in [3.8, 4) is 0 Å². The van der Waals surface area contributed by atoms with Crippen LogP contribution in [0, 0.1) is 35.0 Å². The van der Waals surface area contributed by atoms with Gasteiger partial charge in [-0.3, -0.25) is 0 Å². The van der Waals surface area contributed by atoms with Crippen LogP contribution in [0.1, 0.15) is 162 Å². The number of hydrogen-bond donors (Lipinski definition) is 0. The van der Waals surface area contributed by atoms with Crippen molar-refractivity contribution < 1.29 is 4.79 Å². The Morgan fingerprint density at radius 1 is 0.667 bits per heavy atom. The molecular formula is C32H58O. The summed E-state index contributed by atoms with van der Waals surface area (Å²) in [6.07, 6.45) is 33.8. The molecule has 1 heteroatoms. The third kappa shape index (κ3) is 7.83. The fourth-order valence-corrected chi connectivity index (χ4v) is 8.47. The van der Waals surface area contributed by atoms with Crippen LogP contribution in [0.5, 0.6) is 0 Å². The highest BCUT2D eigenvalue weighted by Gasteiger charge is 2.49. The van der Waals surface area contributed by atoms with Gasteiger partial charge in [-0.15, -0.1) is 0 Å². The Morgan fingerprint density at radius 2 is 1.21 bits per heavy atom. The van der Waals surface area contributed by atoms with E-state index in [1.54, 1.807) is 0 Å². The summed E-state index contributed by atoms with van der Waals surface area (Å²) >= 11 is 0. The highest BCUT2D eigenvalue weighted by Crippen LogP contribution is 2.57. The van der Waals surface area contributed by atoms with Gasteiger partial charge in [0.2, 0.25) is 0 Å². The van der Waals surface area contributed by atoms with Gasteiger partial charge in [0.05, 0.1) is 0 Å². The Balaban J connectivity index is 1.58. The monoisotopic (exact) mass is 458 g/mol. The first-order valence-corrected chi connectivity index (χ1v) is 15.7. The molecule has 3 aliphatic rings. The number of aldehydes is 1. The van der Waals surface area contributed by atoms with Gasteiger partial charge < -0.3 is 4.79 Å². The minimum absolute atomic E-state index is 0.362. The summed E-state index contributed by atoms with van der Waals surface area (Å²) in [6, 6.07) is 0. The van der Waals surface area contributed by atoms with E-state index in [9.17, 15) is 4.79 Å². The standard InChI is InChI=1S/C32H58O/c1-3-5-7-8-11-15-28-22-24-32(25-23-28,30-16-12-9-13-17-30)31(26-33)29-20-18-27(19-21-29)14-10-6-4-2/h26-31H,3-25H2,1-2H3. The molecule has 3 rings (SSSR count). The molecule has 0 bridgehead atoms. The van der Waals surface area contributed by atoms with Crippen LogP contribution in [0.15, 0.2) is 0 Å². The number of carbonyl (C=O) groups is 1. The minimum Gasteiger partial charge on any atom is -0.303 e. The van der Waals surface area contributed by atoms with Crippen molar-refractivity contribution >= 4 is 6.29 Å². The zero-order chi connectivity index (χ0) is 23.4. The molecule has 0 aromatic carbocycles. The molecular weight excluding hydrogens is 400 g/mol. The zero-order valence-corrected chi connectivity index (χ0v) is 22.6. The fourth-order valence-electron chi connectivity index (χ4n) is 8.47. The second-order valence-electron chi connectivity index (χ2n) is 12.7. The second-order valence-corrected chi connectivity index (χ2v) is 12.7. The number of rotatable bonds is 14. The van der Waals surface area contributed by atoms with E-state index in [0.29, 0.717) is 17.3 Å². The molecule has 0 radical (unpaired) electrons. The van der Waals surface area contributed by atoms with E-state index >= 15 is 0 Å². The van der Waals surface area contributed by atoms with Gasteiger partial charge in [0.1, 0.15) is 6.29 Å². The van der Waals surface area contributed by atoms with Gasteiger partial charge in [-0.25, -0.2) is 0 Å². The normalized spacial score (nSPS) is 32.5. The Labute approximate surface area is 207 Å². The molecule has 3 aliphatic carbocycles. The number of hydrogen-bond acceptors (Lipinski definition) is 1. The molecule has 1 atom stereocenters. The van der Waals surface area contributed by atoms with Gasteiger partial charge in [-0.2, -0.15) is 0 Å². The van der Waals surface area contributed by atoms with Crippen LogP contribution in [0.25, 0.3) is 0 Å².